The minimum atomic E-state index is -1.10. The number of hydrogen-bond acceptors (Lipinski definition) is 3. The predicted octanol–water partition coefficient (Wildman–Crippen LogP) is 0.404. The quantitative estimate of drug-likeness (QED) is 0.726. The number of carbonyl (C=O) groups excluding carboxylic acids is 1. The highest BCUT2D eigenvalue weighted by Crippen LogP contribution is 2.43. The molecule has 1 saturated heterocycles. The molecule has 1 aliphatic carbocycles. The number of nitrogens with zero attached hydrogens (tertiary/aromatic N) is 2. The minimum Gasteiger partial charge on any atom is -0.480 e. The lowest BCUT2D eigenvalue weighted by molar-refractivity contribution is -0.167. The molecule has 1 atom stereocenters. The third-order valence-corrected chi connectivity index (χ3v) is 4.21. The Morgan fingerprint density at radius 2 is 2.00 bits per heavy atom. The molecule has 5 heteroatoms. The standard InChI is InChI=1S/C12H20N2O3/c1-13(2)9-4-7-14(8-9)10(15)12(11(16)17)5-3-6-12/h9H,3-8H2,1-2H3,(H,16,17). The fraction of sp³-hybridized carbons (Fsp3) is 0.833. The Bertz CT molecular complexity index is 337. The first-order chi connectivity index (χ1) is 7.97. The Balaban J connectivity index is 2.04. The SMILES string of the molecule is CN(C)C1CCN(C(=O)C2(C(=O)O)CCC2)C1. The molecular formula is C12H20N2O3. The topological polar surface area (TPSA) is 60.9 Å². The Morgan fingerprint density at radius 1 is 1.35 bits per heavy atom. The minimum absolute atomic E-state index is 0.166. The van der Waals surface area contributed by atoms with E-state index in [0.717, 1.165) is 12.8 Å². The molecule has 2 rings (SSSR count). The maximum atomic E-state index is 12.3. The molecule has 1 saturated carbocycles. The molecule has 0 aromatic heterocycles. The van der Waals surface area contributed by atoms with Crippen molar-refractivity contribution in [1.29, 1.82) is 0 Å². The monoisotopic (exact) mass is 240 g/mol. The smallest absolute Gasteiger partial charge is 0.319 e. The van der Waals surface area contributed by atoms with Gasteiger partial charge in [0.2, 0.25) is 5.91 Å². The van der Waals surface area contributed by atoms with Crippen molar-refractivity contribution in [2.24, 2.45) is 5.41 Å². The Kier molecular flexibility index (Phi) is 3.12. The van der Waals surface area contributed by atoms with Crippen LogP contribution >= 0.6 is 0 Å². The molecule has 0 aromatic rings. The Morgan fingerprint density at radius 3 is 2.35 bits per heavy atom. The van der Waals surface area contributed by atoms with E-state index in [1.807, 2.05) is 14.1 Å². The van der Waals surface area contributed by atoms with Crippen molar-refractivity contribution in [3.63, 3.8) is 0 Å². The number of aliphatic carboxylic acids is 1. The first-order valence-corrected chi connectivity index (χ1v) is 6.16. The van der Waals surface area contributed by atoms with Crippen molar-refractivity contribution in [3.8, 4) is 0 Å². The molecule has 1 amide bonds. The number of carboxylic acid groups (broad SMARTS) is 1. The van der Waals surface area contributed by atoms with Crippen molar-refractivity contribution in [1.82, 2.24) is 9.80 Å². The van der Waals surface area contributed by atoms with Crippen LogP contribution in [0.25, 0.3) is 0 Å². The van der Waals surface area contributed by atoms with Gasteiger partial charge in [-0.2, -0.15) is 0 Å². The summed E-state index contributed by atoms with van der Waals surface area (Å²) < 4.78 is 0. The normalized spacial score (nSPS) is 27.0. The van der Waals surface area contributed by atoms with Crippen LogP contribution in [-0.4, -0.2) is 60.0 Å². The second-order valence-corrected chi connectivity index (χ2v) is 5.40. The average Bonchev–Trinajstić information content (AvgIpc) is 2.63. The summed E-state index contributed by atoms with van der Waals surface area (Å²) in [6, 6.07) is 0.366. The van der Waals surface area contributed by atoms with E-state index in [0.29, 0.717) is 32.0 Å². The third-order valence-electron chi connectivity index (χ3n) is 4.21. The second kappa shape index (κ2) is 4.29. The van der Waals surface area contributed by atoms with Gasteiger partial charge in [0.25, 0.3) is 0 Å². The van der Waals surface area contributed by atoms with Crippen LogP contribution in [0.2, 0.25) is 0 Å². The van der Waals surface area contributed by atoms with Gasteiger partial charge in [-0.3, -0.25) is 9.59 Å². The maximum Gasteiger partial charge on any atom is 0.319 e. The number of hydrogen-bond donors (Lipinski definition) is 1. The van der Waals surface area contributed by atoms with Crippen molar-refractivity contribution in [2.75, 3.05) is 27.2 Å². The van der Waals surface area contributed by atoms with Crippen LogP contribution in [0.4, 0.5) is 0 Å². The zero-order valence-corrected chi connectivity index (χ0v) is 10.5. The van der Waals surface area contributed by atoms with Crippen LogP contribution in [-0.2, 0) is 9.59 Å². The van der Waals surface area contributed by atoms with Gasteiger partial charge in [0, 0.05) is 19.1 Å². The fourth-order valence-corrected chi connectivity index (χ4v) is 2.70. The lowest BCUT2D eigenvalue weighted by Crippen LogP contribution is -2.52. The summed E-state index contributed by atoms with van der Waals surface area (Å²) in [5, 5.41) is 9.23. The van der Waals surface area contributed by atoms with Crippen LogP contribution in [0.3, 0.4) is 0 Å². The summed E-state index contributed by atoms with van der Waals surface area (Å²) >= 11 is 0. The molecule has 0 bridgehead atoms. The van der Waals surface area contributed by atoms with Gasteiger partial charge in [0.15, 0.2) is 0 Å². The second-order valence-electron chi connectivity index (χ2n) is 5.40. The van der Waals surface area contributed by atoms with Crippen LogP contribution in [0.1, 0.15) is 25.7 Å². The van der Waals surface area contributed by atoms with Crippen molar-refractivity contribution < 1.29 is 14.7 Å². The van der Waals surface area contributed by atoms with Crippen LogP contribution in [0.15, 0.2) is 0 Å². The fourth-order valence-electron chi connectivity index (χ4n) is 2.70. The molecule has 2 aliphatic rings. The average molecular weight is 240 g/mol. The Labute approximate surface area is 101 Å². The molecule has 0 spiro atoms. The zero-order valence-electron chi connectivity index (χ0n) is 10.5. The van der Waals surface area contributed by atoms with Crippen molar-refractivity contribution in [2.45, 2.75) is 31.7 Å². The van der Waals surface area contributed by atoms with Gasteiger partial charge in [-0.15, -0.1) is 0 Å². The van der Waals surface area contributed by atoms with E-state index in [9.17, 15) is 14.7 Å². The molecule has 1 unspecified atom stereocenters. The molecule has 96 valence electrons. The highest BCUT2D eigenvalue weighted by Gasteiger charge is 2.53. The maximum absolute atomic E-state index is 12.3. The summed E-state index contributed by atoms with van der Waals surface area (Å²) in [7, 11) is 3.99. The van der Waals surface area contributed by atoms with E-state index < -0.39 is 11.4 Å². The van der Waals surface area contributed by atoms with Gasteiger partial charge in [-0.05, 0) is 33.4 Å². The van der Waals surface area contributed by atoms with Crippen LogP contribution in [0, 0.1) is 5.41 Å². The molecule has 1 N–H and O–H groups in total. The highest BCUT2D eigenvalue weighted by atomic mass is 16.4. The van der Waals surface area contributed by atoms with E-state index in [1.165, 1.54) is 0 Å². The van der Waals surface area contributed by atoms with E-state index in [-0.39, 0.29) is 5.91 Å². The van der Waals surface area contributed by atoms with Gasteiger partial charge < -0.3 is 14.9 Å². The summed E-state index contributed by atoms with van der Waals surface area (Å²) in [6.45, 7) is 1.36. The predicted molar refractivity (Wildman–Crippen MR) is 62.6 cm³/mol. The number of amides is 1. The summed E-state index contributed by atoms with van der Waals surface area (Å²) in [5.41, 5.74) is -1.10. The largest absolute Gasteiger partial charge is 0.480 e. The summed E-state index contributed by atoms with van der Waals surface area (Å²) in [6.07, 6.45) is 2.80. The van der Waals surface area contributed by atoms with E-state index in [4.69, 9.17) is 0 Å². The van der Waals surface area contributed by atoms with E-state index >= 15 is 0 Å². The van der Waals surface area contributed by atoms with Crippen LogP contribution in [0.5, 0.6) is 0 Å². The number of likely N-dealkylation sites (N-methyl/N-ethyl adjacent to an activating group) is 1. The number of likely N-dealkylation sites (tertiary alicyclic amines) is 1. The molecule has 2 fully saturated rings. The Hall–Kier alpha value is -1.10. The van der Waals surface area contributed by atoms with Gasteiger partial charge in [0.1, 0.15) is 5.41 Å². The van der Waals surface area contributed by atoms with Gasteiger partial charge in [-0.1, -0.05) is 6.42 Å². The summed E-state index contributed by atoms with van der Waals surface area (Å²) in [5.74, 6) is -1.11. The van der Waals surface area contributed by atoms with Gasteiger partial charge >= 0.3 is 5.97 Å². The molecule has 17 heavy (non-hydrogen) atoms. The van der Waals surface area contributed by atoms with Crippen molar-refractivity contribution >= 4 is 11.9 Å². The molecular weight excluding hydrogens is 220 g/mol. The molecule has 1 heterocycles. The number of carbonyl (C=O) groups is 2. The summed E-state index contributed by atoms with van der Waals surface area (Å²) in [4.78, 5) is 27.4. The molecule has 0 radical (unpaired) electrons. The zero-order chi connectivity index (χ0) is 12.6. The van der Waals surface area contributed by atoms with Gasteiger partial charge in [0.05, 0.1) is 0 Å². The molecule has 5 nitrogen and oxygen atoms in total. The van der Waals surface area contributed by atoms with E-state index in [2.05, 4.69) is 4.90 Å². The lowest BCUT2D eigenvalue weighted by atomic mass is 9.68. The third kappa shape index (κ3) is 1.92. The first kappa shape index (κ1) is 12.4. The molecule has 0 aromatic carbocycles. The van der Waals surface area contributed by atoms with Gasteiger partial charge in [-0.25, -0.2) is 0 Å². The lowest BCUT2D eigenvalue weighted by Gasteiger charge is -2.38. The first-order valence-electron chi connectivity index (χ1n) is 6.16. The number of carboxylic acids is 1. The van der Waals surface area contributed by atoms with E-state index in [1.54, 1.807) is 4.90 Å². The van der Waals surface area contributed by atoms with Crippen LogP contribution < -0.4 is 0 Å². The highest BCUT2D eigenvalue weighted by molar-refractivity contribution is 6.02. The molecule has 1 aliphatic heterocycles. The number of rotatable bonds is 3. The van der Waals surface area contributed by atoms with Crippen molar-refractivity contribution in [3.05, 3.63) is 0 Å².